The molecule has 0 radical (unpaired) electrons. The second-order valence-corrected chi connectivity index (χ2v) is 17.1. The number of carbonyl (C=O) groups is 3. The van der Waals surface area contributed by atoms with E-state index in [-0.39, 0.29) is 31.1 Å². The predicted octanol–water partition coefficient (Wildman–Crippen LogP) is 17.0. The maximum atomic E-state index is 12.7. The van der Waals surface area contributed by atoms with Gasteiger partial charge in [0.15, 0.2) is 6.10 Å². The van der Waals surface area contributed by atoms with E-state index >= 15 is 0 Å². The number of allylic oxidation sites excluding steroid dienone is 12. The van der Waals surface area contributed by atoms with Crippen LogP contribution in [-0.2, 0) is 28.6 Å². The molecule has 0 saturated heterocycles. The van der Waals surface area contributed by atoms with E-state index in [0.29, 0.717) is 19.3 Å². The summed E-state index contributed by atoms with van der Waals surface area (Å²) in [5, 5.41) is 0. The predicted molar refractivity (Wildman–Crippen MR) is 265 cm³/mol. The molecule has 0 spiro atoms. The molecule has 0 aromatic heterocycles. The largest absolute Gasteiger partial charge is 0.462 e. The highest BCUT2D eigenvalue weighted by atomic mass is 16.6. The third-order valence-electron chi connectivity index (χ3n) is 10.9. The van der Waals surface area contributed by atoms with Crippen LogP contribution in [0.3, 0.4) is 0 Å². The first kappa shape index (κ1) is 58.9. The van der Waals surface area contributed by atoms with Gasteiger partial charge in [-0.25, -0.2) is 0 Å². The molecule has 1 unspecified atom stereocenters. The third-order valence-corrected chi connectivity index (χ3v) is 10.9. The van der Waals surface area contributed by atoms with E-state index in [1.54, 1.807) is 0 Å². The van der Waals surface area contributed by atoms with Gasteiger partial charge < -0.3 is 14.2 Å². The number of unbranched alkanes of at least 4 members (excludes halogenated alkanes) is 23. The molecule has 0 saturated carbocycles. The van der Waals surface area contributed by atoms with E-state index in [2.05, 4.69) is 93.7 Å². The molecule has 0 aliphatic heterocycles. The van der Waals surface area contributed by atoms with Gasteiger partial charge in [-0.3, -0.25) is 14.4 Å². The minimum absolute atomic E-state index is 0.0830. The molecule has 0 aromatic carbocycles. The van der Waals surface area contributed by atoms with E-state index in [9.17, 15) is 14.4 Å². The van der Waals surface area contributed by atoms with Crippen LogP contribution in [0.4, 0.5) is 0 Å². The van der Waals surface area contributed by atoms with Gasteiger partial charge in [-0.2, -0.15) is 0 Å². The molecule has 0 N–H and O–H groups in total. The van der Waals surface area contributed by atoms with Gasteiger partial charge in [0.25, 0.3) is 0 Å². The Morgan fingerprint density at radius 2 is 0.629 bits per heavy atom. The summed E-state index contributed by atoms with van der Waals surface area (Å²) in [5.41, 5.74) is 0. The molecule has 0 amide bonds. The van der Waals surface area contributed by atoms with E-state index in [1.165, 1.54) is 89.9 Å². The third kappa shape index (κ3) is 47.9. The minimum atomic E-state index is -0.780. The van der Waals surface area contributed by atoms with Crippen molar-refractivity contribution in [1.82, 2.24) is 0 Å². The summed E-state index contributed by atoms with van der Waals surface area (Å²) in [7, 11) is 0. The van der Waals surface area contributed by atoms with Crippen molar-refractivity contribution in [2.45, 2.75) is 252 Å². The van der Waals surface area contributed by atoms with Crippen molar-refractivity contribution in [1.29, 1.82) is 0 Å². The Balaban J connectivity index is 4.16. The number of esters is 3. The van der Waals surface area contributed by atoms with Crippen molar-refractivity contribution in [3.8, 4) is 0 Å². The molecule has 0 aliphatic carbocycles. The molecular formula is C56H96O6. The Kier molecular flexibility index (Phi) is 47.9. The molecule has 0 bridgehead atoms. The van der Waals surface area contributed by atoms with E-state index in [0.717, 1.165) is 116 Å². The summed E-state index contributed by atoms with van der Waals surface area (Å²) in [6.45, 7) is 6.41. The lowest BCUT2D eigenvalue weighted by molar-refractivity contribution is -0.167. The SMILES string of the molecule is CC/C=C\C/C=C\C/C=C\C/C=C\CCCCCCCCCCCCC(=O)OCC(COC(=O)CCCCCCC)OC(=O)CCCCCCC/C=C\C/C=C\CCCCCC. The van der Waals surface area contributed by atoms with Crippen molar-refractivity contribution in [3.05, 3.63) is 72.9 Å². The van der Waals surface area contributed by atoms with Crippen molar-refractivity contribution in [3.63, 3.8) is 0 Å². The van der Waals surface area contributed by atoms with E-state index in [1.807, 2.05) is 0 Å². The van der Waals surface area contributed by atoms with Crippen LogP contribution >= 0.6 is 0 Å². The number of hydrogen-bond acceptors (Lipinski definition) is 6. The van der Waals surface area contributed by atoms with Gasteiger partial charge in [-0.05, 0) is 89.9 Å². The average molecular weight is 865 g/mol. The van der Waals surface area contributed by atoms with Gasteiger partial charge in [0, 0.05) is 19.3 Å². The van der Waals surface area contributed by atoms with Gasteiger partial charge >= 0.3 is 17.9 Å². The van der Waals surface area contributed by atoms with Gasteiger partial charge in [-0.1, -0.05) is 209 Å². The number of carbonyl (C=O) groups excluding carboxylic acids is 3. The maximum absolute atomic E-state index is 12.7. The van der Waals surface area contributed by atoms with Crippen molar-refractivity contribution < 1.29 is 28.6 Å². The van der Waals surface area contributed by atoms with Gasteiger partial charge in [0.2, 0.25) is 0 Å². The Morgan fingerprint density at radius 1 is 0.339 bits per heavy atom. The standard InChI is InChI=1S/C56H96O6/c1-4-7-10-13-15-17-19-21-23-25-26-27-28-29-30-31-33-34-36-38-40-43-46-49-55(58)61-52-53(51-60-54(57)48-45-42-12-9-6-3)62-56(59)50-47-44-41-39-37-35-32-24-22-20-18-16-14-11-8-5-2/h7,10,15,17-18,20-21,23-24,26-27,32,53H,4-6,8-9,11-14,16,19,22,25,28-31,33-52H2,1-3H3/b10-7-,17-15-,20-18-,23-21-,27-26-,32-24-. The zero-order chi connectivity index (χ0) is 45.1. The fourth-order valence-corrected chi connectivity index (χ4v) is 7.05. The van der Waals surface area contributed by atoms with E-state index in [4.69, 9.17) is 14.2 Å². The van der Waals surface area contributed by atoms with Crippen molar-refractivity contribution in [2.24, 2.45) is 0 Å². The molecule has 6 nitrogen and oxygen atoms in total. The highest BCUT2D eigenvalue weighted by molar-refractivity contribution is 5.71. The molecule has 6 heteroatoms. The lowest BCUT2D eigenvalue weighted by Crippen LogP contribution is -2.30. The zero-order valence-corrected chi connectivity index (χ0v) is 40.6. The summed E-state index contributed by atoms with van der Waals surface area (Å²) >= 11 is 0. The molecule has 0 aromatic rings. The van der Waals surface area contributed by atoms with Crippen LogP contribution in [0, 0.1) is 0 Å². The molecule has 0 rings (SSSR count). The van der Waals surface area contributed by atoms with Crippen molar-refractivity contribution >= 4 is 17.9 Å². The second kappa shape index (κ2) is 50.5. The van der Waals surface area contributed by atoms with Crippen molar-refractivity contribution in [2.75, 3.05) is 13.2 Å². The molecule has 0 aliphatic rings. The van der Waals surface area contributed by atoms with Crippen LogP contribution in [-0.4, -0.2) is 37.2 Å². The topological polar surface area (TPSA) is 78.9 Å². The number of rotatable bonds is 46. The molecule has 0 fully saturated rings. The molecule has 0 heterocycles. The minimum Gasteiger partial charge on any atom is -0.462 e. The Hall–Kier alpha value is -3.15. The number of hydrogen-bond donors (Lipinski definition) is 0. The van der Waals surface area contributed by atoms with Gasteiger partial charge in [0.1, 0.15) is 13.2 Å². The molecule has 356 valence electrons. The molecule has 62 heavy (non-hydrogen) atoms. The summed E-state index contributed by atoms with van der Waals surface area (Å²) in [5.74, 6) is -0.914. The Bertz CT molecular complexity index is 1180. The maximum Gasteiger partial charge on any atom is 0.306 e. The summed E-state index contributed by atoms with van der Waals surface area (Å²) < 4.78 is 16.7. The molecular weight excluding hydrogens is 769 g/mol. The van der Waals surface area contributed by atoms with E-state index < -0.39 is 6.10 Å². The fraction of sp³-hybridized carbons (Fsp3) is 0.732. The van der Waals surface area contributed by atoms with Crippen LogP contribution < -0.4 is 0 Å². The smallest absolute Gasteiger partial charge is 0.306 e. The highest BCUT2D eigenvalue weighted by Gasteiger charge is 2.19. The van der Waals surface area contributed by atoms with Gasteiger partial charge in [0.05, 0.1) is 0 Å². The fourth-order valence-electron chi connectivity index (χ4n) is 7.05. The first-order valence-electron chi connectivity index (χ1n) is 25.9. The monoisotopic (exact) mass is 865 g/mol. The quantitative estimate of drug-likeness (QED) is 0.0262. The van der Waals surface area contributed by atoms with Gasteiger partial charge in [-0.15, -0.1) is 0 Å². The van der Waals surface area contributed by atoms with Crippen LogP contribution in [0.1, 0.15) is 245 Å². The van der Waals surface area contributed by atoms with Crippen LogP contribution in [0.25, 0.3) is 0 Å². The Labute approximate surface area is 382 Å². The average Bonchev–Trinajstić information content (AvgIpc) is 3.27. The van der Waals surface area contributed by atoms with Crippen LogP contribution in [0.5, 0.6) is 0 Å². The summed E-state index contributed by atoms with van der Waals surface area (Å²) in [4.78, 5) is 37.7. The first-order valence-corrected chi connectivity index (χ1v) is 25.9. The number of ether oxygens (including phenoxy) is 3. The van der Waals surface area contributed by atoms with Crippen LogP contribution in [0.15, 0.2) is 72.9 Å². The zero-order valence-electron chi connectivity index (χ0n) is 40.6. The van der Waals surface area contributed by atoms with Crippen LogP contribution in [0.2, 0.25) is 0 Å². The normalized spacial score (nSPS) is 12.6. The lowest BCUT2D eigenvalue weighted by Gasteiger charge is -2.18. The molecule has 1 atom stereocenters. The first-order chi connectivity index (χ1) is 30.5. The summed E-state index contributed by atoms with van der Waals surface area (Å²) in [6, 6.07) is 0. The second-order valence-electron chi connectivity index (χ2n) is 17.1. The Morgan fingerprint density at radius 3 is 1.00 bits per heavy atom. The lowest BCUT2D eigenvalue weighted by atomic mass is 10.1. The summed E-state index contributed by atoms with van der Waals surface area (Å²) in [6.07, 6.45) is 63.5. The highest BCUT2D eigenvalue weighted by Crippen LogP contribution is 2.14.